The Kier molecular flexibility index (Phi) is 7.08. The van der Waals surface area contributed by atoms with E-state index in [4.69, 9.17) is 4.74 Å². The molecule has 0 bridgehead atoms. The third-order valence-corrected chi connectivity index (χ3v) is 5.62. The fourth-order valence-corrected chi connectivity index (χ4v) is 3.52. The van der Waals surface area contributed by atoms with Gasteiger partial charge in [0.25, 0.3) is 0 Å². The molecule has 0 radical (unpaired) electrons. The first kappa shape index (κ1) is 21.5. The zero-order valence-electron chi connectivity index (χ0n) is 16.9. The summed E-state index contributed by atoms with van der Waals surface area (Å²) in [5.41, 5.74) is 3.73. The van der Waals surface area contributed by atoms with Crippen molar-refractivity contribution in [1.82, 2.24) is 14.5 Å². The number of benzene rings is 1. The van der Waals surface area contributed by atoms with Crippen molar-refractivity contribution in [3.05, 3.63) is 47.3 Å². The molecular formula is C20H29N3O3S. The van der Waals surface area contributed by atoms with E-state index in [2.05, 4.69) is 9.82 Å². The maximum absolute atomic E-state index is 12.6. The molecule has 7 heteroatoms. The van der Waals surface area contributed by atoms with E-state index >= 15 is 0 Å². The van der Waals surface area contributed by atoms with Crippen molar-refractivity contribution < 1.29 is 14.1 Å². The van der Waals surface area contributed by atoms with Crippen molar-refractivity contribution in [1.29, 1.82) is 0 Å². The first-order valence-corrected chi connectivity index (χ1v) is 10.2. The number of carbonyl (C=O) groups is 1. The van der Waals surface area contributed by atoms with Gasteiger partial charge in [0.15, 0.2) is 0 Å². The van der Waals surface area contributed by atoms with Crippen LogP contribution in [0.1, 0.15) is 57.1 Å². The van der Waals surface area contributed by atoms with E-state index in [-0.39, 0.29) is 12.4 Å². The average Bonchev–Trinajstić information content (AvgIpc) is 2.92. The van der Waals surface area contributed by atoms with Gasteiger partial charge in [-0.1, -0.05) is 12.1 Å². The quantitative estimate of drug-likeness (QED) is 0.577. The highest BCUT2D eigenvalue weighted by Gasteiger charge is 2.31. The Balaban J connectivity index is 2.35. The number of esters is 1. The van der Waals surface area contributed by atoms with Gasteiger partial charge in [0.05, 0.1) is 30.5 Å². The maximum Gasteiger partial charge on any atom is 0.307 e. The minimum Gasteiger partial charge on any atom is -0.598 e. The number of aromatic nitrogens is 2. The summed E-state index contributed by atoms with van der Waals surface area (Å²) in [6.07, 6.45) is 0.107. The second-order valence-electron chi connectivity index (χ2n) is 7.49. The van der Waals surface area contributed by atoms with E-state index in [1.54, 1.807) is 6.92 Å². The van der Waals surface area contributed by atoms with E-state index in [0.29, 0.717) is 6.61 Å². The van der Waals surface area contributed by atoms with Crippen LogP contribution < -0.4 is 4.72 Å². The van der Waals surface area contributed by atoms with Crippen molar-refractivity contribution in [3.8, 4) is 5.69 Å². The largest absolute Gasteiger partial charge is 0.598 e. The molecule has 2 atom stereocenters. The topological polar surface area (TPSA) is 79.2 Å². The summed E-state index contributed by atoms with van der Waals surface area (Å²) in [5.74, 6) is -0.322. The van der Waals surface area contributed by atoms with Gasteiger partial charge in [-0.3, -0.25) is 4.79 Å². The molecule has 0 aliphatic carbocycles. The van der Waals surface area contributed by atoms with E-state index in [0.717, 1.165) is 22.6 Å². The average molecular weight is 392 g/mol. The summed E-state index contributed by atoms with van der Waals surface area (Å²) in [6.45, 7) is 11.7. The first-order valence-electron chi connectivity index (χ1n) is 9.09. The fourth-order valence-electron chi connectivity index (χ4n) is 2.68. The Hall–Kier alpha value is -1.83. The maximum atomic E-state index is 12.6. The summed E-state index contributed by atoms with van der Waals surface area (Å²) in [4.78, 5) is 12.1. The molecule has 6 nitrogen and oxygen atoms in total. The van der Waals surface area contributed by atoms with Gasteiger partial charge in [0.1, 0.15) is 4.75 Å². The van der Waals surface area contributed by atoms with Gasteiger partial charge >= 0.3 is 5.97 Å². The summed E-state index contributed by atoms with van der Waals surface area (Å²) >= 11 is -1.32. The lowest BCUT2D eigenvalue weighted by atomic mass is 10.0. The Morgan fingerprint density at radius 3 is 2.59 bits per heavy atom. The molecule has 27 heavy (non-hydrogen) atoms. The van der Waals surface area contributed by atoms with Gasteiger partial charge in [-0.15, -0.1) is 4.72 Å². The SMILES string of the molecule is CCOC(=O)CC(N[S+]([O-])C(C)(C)C)c1cccc(-n2nc(C)cc2C)c1. The molecule has 1 heterocycles. The molecule has 0 amide bonds. The summed E-state index contributed by atoms with van der Waals surface area (Å²) in [6, 6.07) is 9.37. The molecule has 0 saturated heterocycles. The molecule has 2 aromatic rings. The molecule has 0 saturated carbocycles. The molecule has 148 valence electrons. The summed E-state index contributed by atoms with van der Waals surface area (Å²) in [7, 11) is 0. The minimum absolute atomic E-state index is 0.107. The lowest BCUT2D eigenvalue weighted by molar-refractivity contribution is -0.143. The number of hydrogen-bond acceptors (Lipinski definition) is 5. The van der Waals surface area contributed by atoms with Crippen LogP contribution in [0.3, 0.4) is 0 Å². The number of nitrogens with one attached hydrogen (secondary N) is 1. The molecule has 1 aromatic heterocycles. The van der Waals surface area contributed by atoms with Crippen molar-refractivity contribution in [2.24, 2.45) is 0 Å². The smallest absolute Gasteiger partial charge is 0.307 e. The highest BCUT2D eigenvalue weighted by Crippen LogP contribution is 2.25. The molecule has 1 N–H and O–H groups in total. The summed E-state index contributed by atoms with van der Waals surface area (Å²) < 4.78 is 22.3. The van der Waals surface area contributed by atoms with Crippen molar-refractivity contribution in [3.63, 3.8) is 0 Å². The molecular weight excluding hydrogens is 362 g/mol. The van der Waals surface area contributed by atoms with Gasteiger partial charge in [-0.05, 0) is 65.3 Å². The van der Waals surface area contributed by atoms with Gasteiger partial charge < -0.3 is 9.29 Å². The zero-order chi connectivity index (χ0) is 20.2. The van der Waals surface area contributed by atoms with Gasteiger partial charge in [0.2, 0.25) is 0 Å². The monoisotopic (exact) mass is 391 g/mol. The third kappa shape index (κ3) is 5.82. The lowest BCUT2D eigenvalue weighted by Crippen LogP contribution is -2.42. The number of aryl methyl sites for hydroxylation is 2. The molecule has 0 spiro atoms. The minimum atomic E-state index is -1.32. The van der Waals surface area contributed by atoms with E-state index < -0.39 is 22.2 Å². The van der Waals surface area contributed by atoms with E-state index in [1.807, 2.05) is 69.6 Å². The van der Waals surface area contributed by atoms with Crippen LogP contribution in [0, 0.1) is 13.8 Å². The highest BCUT2D eigenvalue weighted by molar-refractivity contribution is 7.90. The summed E-state index contributed by atoms with van der Waals surface area (Å²) in [5, 5.41) is 4.52. The predicted molar refractivity (Wildman–Crippen MR) is 108 cm³/mol. The Bertz CT molecular complexity index is 783. The van der Waals surface area contributed by atoms with Gasteiger partial charge in [-0.2, -0.15) is 5.10 Å². The number of rotatable bonds is 7. The standard InChI is InChI=1S/C20H29N3O3S/c1-7-26-19(24)13-18(22-27(25)20(4,5)6)16-9-8-10-17(12-16)23-15(3)11-14(2)21-23/h8-12,18,22H,7,13H2,1-6H3. The highest BCUT2D eigenvalue weighted by atomic mass is 32.2. The normalized spacial score (nSPS) is 14.0. The van der Waals surface area contributed by atoms with Crippen molar-refractivity contribution in [2.45, 2.75) is 58.8 Å². The third-order valence-electron chi connectivity index (χ3n) is 4.01. The van der Waals surface area contributed by atoms with Crippen LogP contribution in [0.2, 0.25) is 0 Å². The first-order chi connectivity index (χ1) is 12.6. The van der Waals surface area contributed by atoms with Crippen molar-refractivity contribution >= 4 is 17.3 Å². The molecule has 0 fully saturated rings. The lowest BCUT2D eigenvalue weighted by Gasteiger charge is -2.28. The van der Waals surface area contributed by atoms with E-state index in [9.17, 15) is 9.35 Å². The Morgan fingerprint density at radius 1 is 1.33 bits per heavy atom. The van der Waals surface area contributed by atoms with Crippen LogP contribution in [0.5, 0.6) is 0 Å². The van der Waals surface area contributed by atoms with Crippen LogP contribution in [0.15, 0.2) is 30.3 Å². The molecule has 2 rings (SSSR count). The van der Waals surface area contributed by atoms with Crippen LogP contribution >= 0.6 is 0 Å². The Morgan fingerprint density at radius 2 is 2.04 bits per heavy atom. The second kappa shape index (κ2) is 8.91. The number of carbonyl (C=O) groups excluding carboxylic acids is 1. The Labute approximate surface area is 164 Å². The molecule has 0 aliphatic heterocycles. The molecule has 2 unspecified atom stereocenters. The zero-order valence-corrected chi connectivity index (χ0v) is 17.7. The number of nitrogens with zero attached hydrogens (tertiary/aromatic N) is 2. The van der Waals surface area contributed by atoms with Gasteiger partial charge in [0, 0.05) is 17.1 Å². The molecule has 0 aliphatic rings. The number of ether oxygens (including phenoxy) is 1. The van der Waals surface area contributed by atoms with Crippen molar-refractivity contribution in [2.75, 3.05) is 6.61 Å². The second-order valence-corrected chi connectivity index (χ2v) is 9.49. The van der Waals surface area contributed by atoms with Gasteiger partial charge in [-0.25, -0.2) is 4.68 Å². The van der Waals surface area contributed by atoms with Crippen LogP contribution in [-0.4, -0.2) is 31.7 Å². The molecule has 1 aromatic carbocycles. The van der Waals surface area contributed by atoms with Crippen LogP contribution in [-0.2, 0) is 20.9 Å². The fraction of sp³-hybridized carbons (Fsp3) is 0.500. The van der Waals surface area contributed by atoms with Crippen LogP contribution in [0.4, 0.5) is 0 Å². The van der Waals surface area contributed by atoms with E-state index in [1.165, 1.54) is 0 Å². The predicted octanol–water partition coefficient (Wildman–Crippen LogP) is 3.54. The number of hydrogen-bond donors (Lipinski definition) is 1. The van der Waals surface area contributed by atoms with Crippen LogP contribution in [0.25, 0.3) is 5.69 Å².